The first-order valence-corrected chi connectivity index (χ1v) is 10.4. The van der Waals surface area contributed by atoms with Crippen molar-refractivity contribution >= 4 is 21.9 Å². The van der Waals surface area contributed by atoms with Crippen LogP contribution in [0, 0.1) is 27.7 Å². The van der Waals surface area contributed by atoms with Crippen LogP contribution in [0.15, 0.2) is 71.3 Å². The molecule has 148 valence electrons. The van der Waals surface area contributed by atoms with E-state index in [0.29, 0.717) is 0 Å². The molecule has 2 aromatic heterocycles. The van der Waals surface area contributed by atoms with Crippen molar-refractivity contribution in [1.82, 2.24) is 0 Å². The summed E-state index contributed by atoms with van der Waals surface area (Å²) >= 11 is 0. The largest absolute Gasteiger partial charge is 0.398 e. The lowest BCUT2D eigenvalue weighted by atomic mass is 9.96. The number of para-hydroxylation sites is 2. The van der Waals surface area contributed by atoms with E-state index in [0.717, 1.165) is 22.6 Å². The summed E-state index contributed by atoms with van der Waals surface area (Å²) in [7, 11) is 2.08. The third-order valence-corrected chi connectivity index (χ3v) is 6.13. The van der Waals surface area contributed by atoms with Crippen molar-refractivity contribution < 1.29 is 13.6 Å². The molecule has 0 bridgehead atoms. The quantitative estimate of drug-likeness (QED) is 0.358. The van der Waals surface area contributed by atoms with E-state index in [1.165, 1.54) is 38.8 Å². The average molecular weight is 395 g/mol. The maximum Gasteiger partial charge on any atom is 0.382 e. The van der Waals surface area contributed by atoms with E-state index in [1.54, 1.807) is 0 Å². The Morgan fingerprint density at radius 2 is 1.47 bits per heavy atom. The number of hydrogen-bond donors (Lipinski definition) is 0. The molecule has 5 aromatic rings. The minimum absolute atomic E-state index is 0.895. The van der Waals surface area contributed by atoms with Crippen molar-refractivity contribution in [3.05, 3.63) is 89.2 Å². The maximum atomic E-state index is 6.33. The Balaban J connectivity index is 1.81. The van der Waals surface area contributed by atoms with E-state index in [1.807, 2.05) is 12.1 Å². The van der Waals surface area contributed by atoms with Crippen molar-refractivity contribution in [1.29, 1.82) is 0 Å². The van der Waals surface area contributed by atoms with E-state index in [-0.39, 0.29) is 0 Å². The second-order valence-electron chi connectivity index (χ2n) is 8.21. The lowest BCUT2D eigenvalue weighted by Gasteiger charge is -2.12. The van der Waals surface area contributed by atoms with Crippen LogP contribution >= 0.6 is 0 Å². The van der Waals surface area contributed by atoms with E-state index < -0.39 is 0 Å². The Morgan fingerprint density at radius 1 is 0.767 bits per heavy atom. The summed E-state index contributed by atoms with van der Waals surface area (Å²) in [6.45, 7) is 8.75. The highest BCUT2D eigenvalue weighted by molar-refractivity contribution is 5.81. The number of aryl methyl sites for hydroxylation is 4. The normalized spacial score (nSPS) is 11.5. The van der Waals surface area contributed by atoms with E-state index in [2.05, 4.69) is 98.6 Å². The summed E-state index contributed by atoms with van der Waals surface area (Å²) < 4.78 is 10.8. The van der Waals surface area contributed by atoms with Gasteiger partial charge in [0.2, 0.25) is 11.3 Å². The third-order valence-electron chi connectivity index (χ3n) is 6.13. The molecule has 0 spiro atoms. The molecule has 30 heavy (non-hydrogen) atoms. The Bertz CT molecular complexity index is 1440. The monoisotopic (exact) mass is 394 g/mol. The van der Waals surface area contributed by atoms with Crippen LogP contribution in [0.3, 0.4) is 0 Å². The van der Waals surface area contributed by atoms with E-state index in [4.69, 9.17) is 4.42 Å². The number of nitrogens with zero attached hydrogens (tertiary/aromatic N) is 2. The zero-order valence-electron chi connectivity index (χ0n) is 18.2. The highest BCUT2D eigenvalue weighted by Gasteiger charge is 2.29. The van der Waals surface area contributed by atoms with Gasteiger partial charge in [0.05, 0.1) is 5.56 Å². The Labute approximate surface area is 176 Å². The Morgan fingerprint density at radius 3 is 2.23 bits per heavy atom. The highest BCUT2D eigenvalue weighted by atomic mass is 16.4. The van der Waals surface area contributed by atoms with Crippen LogP contribution in [0.2, 0.25) is 0 Å². The number of hydrogen-bond acceptors (Lipinski definition) is 1. The highest BCUT2D eigenvalue weighted by Crippen LogP contribution is 2.32. The fourth-order valence-corrected chi connectivity index (χ4v) is 4.73. The van der Waals surface area contributed by atoms with Crippen molar-refractivity contribution in [3.8, 4) is 17.1 Å². The summed E-state index contributed by atoms with van der Waals surface area (Å²) in [5, 5.41) is 2.50. The Kier molecular flexibility index (Phi) is 4.21. The second-order valence-corrected chi connectivity index (χ2v) is 8.21. The minimum Gasteiger partial charge on any atom is -0.398 e. The van der Waals surface area contributed by atoms with Gasteiger partial charge >= 0.3 is 5.89 Å². The molecule has 2 heterocycles. The Hall–Kier alpha value is -3.46. The molecular formula is C27H26N2O+2. The molecule has 0 unspecified atom stereocenters. The van der Waals surface area contributed by atoms with Gasteiger partial charge in [0, 0.05) is 35.6 Å². The first-order chi connectivity index (χ1) is 14.5. The molecule has 0 amide bonds. The fourth-order valence-electron chi connectivity index (χ4n) is 4.73. The van der Waals surface area contributed by atoms with Gasteiger partial charge in [-0.05, 0) is 49.9 Å². The smallest absolute Gasteiger partial charge is 0.382 e. The van der Waals surface area contributed by atoms with Crippen LogP contribution in [0.4, 0.5) is 0 Å². The first kappa shape index (κ1) is 18.6. The number of oxazole rings is 1. The topological polar surface area (TPSA) is 20.9 Å². The predicted molar refractivity (Wildman–Crippen MR) is 121 cm³/mol. The van der Waals surface area contributed by atoms with Crippen molar-refractivity contribution in [3.63, 3.8) is 0 Å². The number of aromatic nitrogens is 2. The van der Waals surface area contributed by atoms with Gasteiger partial charge in [-0.25, -0.2) is 0 Å². The number of pyridine rings is 1. The molecule has 3 heteroatoms. The molecule has 0 N–H and O–H groups in total. The van der Waals surface area contributed by atoms with Gasteiger partial charge < -0.3 is 4.42 Å². The average Bonchev–Trinajstić information content (AvgIpc) is 3.04. The summed E-state index contributed by atoms with van der Waals surface area (Å²) in [6.07, 6.45) is 2.25. The predicted octanol–water partition coefficient (Wildman–Crippen LogP) is 5.59. The molecule has 3 aromatic carbocycles. The molecule has 0 fully saturated rings. The molecule has 3 nitrogen and oxygen atoms in total. The van der Waals surface area contributed by atoms with Gasteiger partial charge in [-0.3, -0.25) is 0 Å². The molecule has 0 saturated carbocycles. The lowest BCUT2D eigenvalue weighted by Crippen LogP contribution is -2.36. The minimum atomic E-state index is 0.895. The molecule has 0 aliphatic carbocycles. The molecule has 0 aliphatic rings. The van der Waals surface area contributed by atoms with Crippen LogP contribution in [-0.2, 0) is 7.05 Å². The van der Waals surface area contributed by atoms with Crippen LogP contribution in [-0.4, -0.2) is 0 Å². The number of fused-ring (bicyclic) bond motifs is 2. The van der Waals surface area contributed by atoms with Crippen LogP contribution < -0.4 is 9.13 Å². The zero-order chi connectivity index (χ0) is 21.0. The maximum absolute atomic E-state index is 6.33. The second kappa shape index (κ2) is 6.81. The van der Waals surface area contributed by atoms with E-state index in [9.17, 15) is 0 Å². The molecule has 5 rings (SSSR count). The number of benzene rings is 3. The van der Waals surface area contributed by atoms with Crippen molar-refractivity contribution in [2.24, 2.45) is 7.05 Å². The summed E-state index contributed by atoms with van der Waals surface area (Å²) in [5.41, 5.74) is 9.31. The van der Waals surface area contributed by atoms with Gasteiger partial charge in [-0.1, -0.05) is 30.3 Å². The van der Waals surface area contributed by atoms with Gasteiger partial charge in [0.25, 0.3) is 5.52 Å². The van der Waals surface area contributed by atoms with Gasteiger partial charge in [-0.15, -0.1) is 0 Å². The van der Waals surface area contributed by atoms with Crippen LogP contribution in [0.1, 0.15) is 22.4 Å². The zero-order valence-corrected chi connectivity index (χ0v) is 18.2. The summed E-state index contributed by atoms with van der Waals surface area (Å²) in [4.78, 5) is 0. The van der Waals surface area contributed by atoms with E-state index >= 15 is 0 Å². The standard InChI is InChI=1S/C27H26N2O/c1-17-14-18(2)26(29-16-22-11-7-6-10-21(22)15-19(29)3)20(4)25(17)27-28(5)23-12-8-9-13-24(23)30-27/h6-16H,1-5H3/q+2. The van der Waals surface area contributed by atoms with Crippen LogP contribution in [0.25, 0.3) is 39.0 Å². The SMILES string of the molecule is Cc1cc(C)c(-[n+]2cc3ccccc3cc2C)c(C)c1-c1oc2ccccc2[n+]1C. The third kappa shape index (κ3) is 2.73. The van der Waals surface area contributed by atoms with Gasteiger partial charge in [-0.2, -0.15) is 9.13 Å². The molecule has 0 saturated heterocycles. The van der Waals surface area contributed by atoms with Crippen LogP contribution in [0.5, 0.6) is 0 Å². The lowest BCUT2D eigenvalue weighted by molar-refractivity contribution is -0.637. The molecule has 0 atom stereocenters. The number of rotatable bonds is 2. The van der Waals surface area contributed by atoms with Gasteiger partial charge in [0.1, 0.15) is 7.05 Å². The summed E-state index contributed by atoms with van der Waals surface area (Å²) in [6, 6.07) is 21.3. The molecule has 0 aliphatic heterocycles. The fraction of sp³-hybridized carbons (Fsp3) is 0.185. The molecular weight excluding hydrogens is 368 g/mol. The molecule has 0 radical (unpaired) electrons. The van der Waals surface area contributed by atoms with Crippen molar-refractivity contribution in [2.75, 3.05) is 0 Å². The van der Waals surface area contributed by atoms with Crippen molar-refractivity contribution in [2.45, 2.75) is 27.7 Å². The first-order valence-electron chi connectivity index (χ1n) is 10.4. The van der Waals surface area contributed by atoms with Gasteiger partial charge in [0.15, 0.2) is 11.9 Å². The summed E-state index contributed by atoms with van der Waals surface area (Å²) in [5.74, 6) is 0.895.